The molecule has 52 heavy (non-hydrogen) atoms. The standard InChI is InChI=1S/C32H25N.C19H16/c1-3-4-14-31-22(2)29-20-24(17-18-32(29)33(31)27-11-6-5-7-12-27)23-15-16-26-19-25-10-8-9-13-28(25)30(26)21-23;1-15-12-18(16-8-4-2-5-9-16)14-19(13-15)17-10-6-3-7-11-17/h3-18,20-21H,1,19H2,2H3;2-14H,1H3/b14-4-;. The molecule has 0 N–H and O–H groups in total. The topological polar surface area (TPSA) is 4.93 Å². The molecule has 8 aromatic rings. The molecule has 1 nitrogen and oxygen atoms in total. The third-order valence-electron chi connectivity index (χ3n) is 10.1. The van der Waals surface area contributed by atoms with Crippen LogP contribution in [-0.4, -0.2) is 4.57 Å². The van der Waals surface area contributed by atoms with Gasteiger partial charge >= 0.3 is 0 Å². The van der Waals surface area contributed by atoms with E-state index in [-0.39, 0.29) is 0 Å². The van der Waals surface area contributed by atoms with Crippen LogP contribution in [0.3, 0.4) is 0 Å². The summed E-state index contributed by atoms with van der Waals surface area (Å²) in [5.74, 6) is 0. The molecule has 0 fully saturated rings. The lowest BCUT2D eigenvalue weighted by atomic mass is 9.97. The van der Waals surface area contributed by atoms with E-state index in [0.29, 0.717) is 0 Å². The van der Waals surface area contributed by atoms with Crippen LogP contribution >= 0.6 is 0 Å². The highest BCUT2D eigenvalue weighted by atomic mass is 15.0. The van der Waals surface area contributed by atoms with Crippen molar-refractivity contribution in [3.8, 4) is 50.2 Å². The number of aromatic nitrogens is 1. The van der Waals surface area contributed by atoms with Crippen LogP contribution in [0.5, 0.6) is 0 Å². The Labute approximate surface area is 307 Å². The summed E-state index contributed by atoms with van der Waals surface area (Å²) in [4.78, 5) is 0. The monoisotopic (exact) mass is 667 g/mol. The van der Waals surface area contributed by atoms with Gasteiger partial charge in [-0.25, -0.2) is 0 Å². The van der Waals surface area contributed by atoms with Crippen LogP contribution in [0, 0.1) is 13.8 Å². The molecule has 1 aliphatic rings. The number of hydrogen-bond donors (Lipinski definition) is 0. The Hall–Kier alpha value is -6.44. The van der Waals surface area contributed by atoms with Crippen LogP contribution in [0.15, 0.2) is 189 Å². The fourth-order valence-corrected chi connectivity index (χ4v) is 7.54. The second kappa shape index (κ2) is 14.4. The minimum atomic E-state index is 1.03. The number of allylic oxidation sites excluding steroid dienone is 2. The van der Waals surface area contributed by atoms with Crippen molar-refractivity contribution in [3.05, 3.63) is 217 Å². The molecule has 0 bridgehead atoms. The van der Waals surface area contributed by atoms with E-state index < -0.39 is 0 Å². The molecule has 9 rings (SSSR count). The Bertz CT molecular complexity index is 2490. The molecule has 250 valence electrons. The third-order valence-corrected chi connectivity index (χ3v) is 10.1. The van der Waals surface area contributed by atoms with Gasteiger partial charge in [-0.05, 0) is 130 Å². The van der Waals surface area contributed by atoms with Crippen molar-refractivity contribution in [2.24, 2.45) is 0 Å². The molecule has 0 spiro atoms. The number of para-hydroxylation sites is 1. The van der Waals surface area contributed by atoms with E-state index in [1.165, 1.54) is 89.0 Å². The van der Waals surface area contributed by atoms with Crippen LogP contribution in [0.2, 0.25) is 0 Å². The van der Waals surface area contributed by atoms with Crippen LogP contribution in [-0.2, 0) is 6.42 Å². The fraction of sp³-hybridized carbons (Fsp3) is 0.0588. The van der Waals surface area contributed by atoms with Crippen molar-refractivity contribution >= 4 is 17.0 Å². The Morgan fingerprint density at radius 1 is 0.500 bits per heavy atom. The van der Waals surface area contributed by atoms with E-state index in [0.717, 1.165) is 6.42 Å². The molecule has 0 amide bonds. The van der Waals surface area contributed by atoms with Crippen LogP contribution < -0.4 is 0 Å². The minimum Gasteiger partial charge on any atom is -0.310 e. The predicted molar refractivity (Wildman–Crippen MR) is 223 cm³/mol. The third kappa shape index (κ3) is 6.45. The molecule has 0 radical (unpaired) electrons. The average Bonchev–Trinajstić information content (AvgIpc) is 3.71. The molecule has 1 heteroatoms. The minimum absolute atomic E-state index is 1.03. The maximum Gasteiger partial charge on any atom is 0.0537 e. The Balaban J connectivity index is 0.000000173. The second-order valence-corrected chi connectivity index (χ2v) is 13.5. The molecule has 0 saturated heterocycles. The van der Waals surface area contributed by atoms with Crippen LogP contribution in [0.25, 0.3) is 67.2 Å². The molecule has 0 aliphatic heterocycles. The van der Waals surface area contributed by atoms with Gasteiger partial charge in [0.05, 0.1) is 5.52 Å². The first-order valence-corrected chi connectivity index (χ1v) is 18.0. The number of hydrogen-bond acceptors (Lipinski definition) is 0. The molecular weight excluding hydrogens is 627 g/mol. The van der Waals surface area contributed by atoms with E-state index in [9.17, 15) is 0 Å². The summed E-state index contributed by atoms with van der Waals surface area (Å²) in [6, 6.07) is 60.9. The Morgan fingerprint density at radius 3 is 1.75 bits per heavy atom. The van der Waals surface area contributed by atoms with Crippen molar-refractivity contribution < 1.29 is 0 Å². The van der Waals surface area contributed by atoms with Gasteiger partial charge in [0, 0.05) is 16.8 Å². The summed E-state index contributed by atoms with van der Waals surface area (Å²) in [7, 11) is 0. The van der Waals surface area contributed by atoms with E-state index in [1.54, 1.807) is 0 Å². The number of aryl methyl sites for hydroxylation is 2. The van der Waals surface area contributed by atoms with E-state index in [4.69, 9.17) is 0 Å². The average molecular weight is 668 g/mol. The van der Waals surface area contributed by atoms with Gasteiger partial charge in [0.25, 0.3) is 0 Å². The smallest absolute Gasteiger partial charge is 0.0537 e. The summed E-state index contributed by atoms with van der Waals surface area (Å²) < 4.78 is 2.34. The second-order valence-electron chi connectivity index (χ2n) is 13.5. The van der Waals surface area contributed by atoms with Crippen molar-refractivity contribution in [2.45, 2.75) is 20.3 Å². The zero-order chi connectivity index (χ0) is 35.4. The fourth-order valence-electron chi connectivity index (χ4n) is 7.54. The SMILES string of the molecule is C=C/C=C\c1c(C)c2cc(-c3ccc4c(c3)-c3ccccc3C4)ccc2n1-c1ccccc1.Cc1cc(-c2ccccc2)cc(-c2ccccc2)c1. The summed E-state index contributed by atoms with van der Waals surface area (Å²) in [6.07, 6.45) is 7.03. The zero-order valence-corrected chi connectivity index (χ0v) is 29.8. The first-order valence-electron chi connectivity index (χ1n) is 18.0. The van der Waals surface area contributed by atoms with Crippen molar-refractivity contribution in [3.63, 3.8) is 0 Å². The quantitative estimate of drug-likeness (QED) is 0.156. The van der Waals surface area contributed by atoms with Gasteiger partial charge < -0.3 is 4.57 Å². The first kappa shape index (κ1) is 32.7. The first-order chi connectivity index (χ1) is 25.6. The van der Waals surface area contributed by atoms with E-state index in [1.807, 2.05) is 12.2 Å². The lowest BCUT2D eigenvalue weighted by Crippen LogP contribution is -1.96. The lowest BCUT2D eigenvalue weighted by molar-refractivity contribution is 1.10. The maximum absolute atomic E-state index is 3.86. The Morgan fingerprint density at radius 2 is 1.08 bits per heavy atom. The number of benzene rings is 7. The van der Waals surface area contributed by atoms with Crippen LogP contribution in [0.4, 0.5) is 0 Å². The molecule has 7 aromatic carbocycles. The number of fused-ring (bicyclic) bond motifs is 4. The number of rotatable bonds is 6. The van der Waals surface area contributed by atoms with Gasteiger partial charge in [-0.1, -0.05) is 152 Å². The van der Waals surface area contributed by atoms with Gasteiger partial charge in [-0.15, -0.1) is 0 Å². The molecule has 1 aliphatic carbocycles. The van der Waals surface area contributed by atoms with Gasteiger partial charge in [-0.3, -0.25) is 0 Å². The molecule has 1 aromatic heterocycles. The zero-order valence-electron chi connectivity index (χ0n) is 29.8. The van der Waals surface area contributed by atoms with Crippen molar-refractivity contribution in [1.29, 1.82) is 0 Å². The summed E-state index contributed by atoms with van der Waals surface area (Å²) in [6.45, 7) is 8.23. The predicted octanol–water partition coefficient (Wildman–Crippen LogP) is 13.7. The highest BCUT2D eigenvalue weighted by molar-refractivity contribution is 5.94. The van der Waals surface area contributed by atoms with E-state index >= 15 is 0 Å². The van der Waals surface area contributed by atoms with Gasteiger partial charge in [0.2, 0.25) is 0 Å². The lowest BCUT2D eigenvalue weighted by Gasteiger charge is -2.10. The van der Waals surface area contributed by atoms with Gasteiger partial charge in [0.15, 0.2) is 0 Å². The van der Waals surface area contributed by atoms with E-state index in [2.05, 4.69) is 201 Å². The maximum atomic E-state index is 3.86. The summed E-state index contributed by atoms with van der Waals surface area (Å²) >= 11 is 0. The molecule has 0 saturated carbocycles. The molecule has 0 unspecified atom stereocenters. The normalized spacial score (nSPS) is 11.6. The molecular formula is C51H41N. The van der Waals surface area contributed by atoms with Crippen molar-refractivity contribution in [2.75, 3.05) is 0 Å². The highest BCUT2D eigenvalue weighted by Crippen LogP contribution is 2.40. The Kier molecular flexibility index (Phi) is 9.08. The van der Waals surface area contributed by atoms with Crippen LogP contribution in [0.1, 0.15) is 27.9 Å². The summed E-state index contributed by atoms with van der Waals surface area (Å²) in [5.41, 5.74) is 19.3. The summed E-state index contributed by atoms with van der Waals surface area (Å²) in [5, 5.41) is 1.28. The molecule has 1 heterocycles. The van der Waals surface area contributed by atoms with Crippen molar-refractivity contribution in [1.82, 2.24) is 4.57 Å². The number of nitrogens with zero attached hydrogens (tertiary/aromatic N) is 1. The van der Waals surface area contributed by atoms with Gasteiger partial charge in [0.1, 0.15) is 0 Å². The van der Waals surface area contributed by atoms with Gasteiger partial charge in [-0.2, -0.15) is 0 Å². The molecule has 0 atom stereocenters. The highest BCUT2D eigenvalue weighted by Gasteiger charge is 2.19. The largest absolute Gasteiger partial charge is 0.310 e.